The van der Waals surface area contributed by atoms with E-state index in [0.717, 1.165) is 0 Å². The smallest absolute Gasteiger partial charge is 0.291 e. The van der Waals surface area contributed by atoms with Gasteiger partial charge in [0.1, 0.15) is 23.9 Å². The van der Waals surface area contributed by atoms with Gasteiger partial charge < -0.3 is 19.6 Å². The Labute approximate surface area is 197 Å². The number of ether oxygens (including phenoxy) is 1. The Morgan fingerprint density at radius 3 is 2.39 bits per heavy atom. The van der Waals surface area contributed by atoms with Gasteiger partial charge in [-0.2, -0.15) is 0 Å². The Morgan fingerprint density at radius 1 is 0.970 bits per heavy atom. The molecule has 0 atom stereocenters. The molecule has 0 aliphatic heterocycles. The van der Waals surface area contributed by atoms with Crippen molar-refractivity contribution < 1.29 is 19.1 Å². The number of furan rings is 1. The first kappa shape index (κ1) is 22.5. The molecule has 5 nitrogen and oxygen atoms in total. The Balaban J connectivity index is 1.37. The number of aromatic hydroxyl groups is 1. The molecule has 2 N–H and O–H groups in total. The van der Waals surface area contributed by atoms with Gasteiger partial charge in [-0.25, -0.2) is 0 Å². The Kier molecular flexibility index (Phi) is 6.43. The van der Waals surface area contributed by atoms with E-state index >= 15 is 0 Å². The number of carbonyl (C=O) groups is 1. The van der Waals surface area contributed by atoms with E-state index in [2.05, 4.69) is 43.4 Å². The number of hydrogen-bond acceptors (Lipinski definition) is 4. The molecule has 6 heteroatoms. The maximum absolute atomic E-state index is 12.4. The summed E-state index contributed by atoms with van der Waals surface area (Å²) >= 11 is 5.91. The lowest BCUT2D eigenvalue weighted by molar-refractivity contribution is 0.0992. The van der Waals surface area contributed by atoms with E-state index < -0.39 is 5.91 Å². The Bertz CT molecular complexity index is 1250. The van der Waals surface area contributed by atoms with Crippen LogP contribution in [0.25, 0.3) is 0 Å². The van der Waals surface area contributed by atoms with E-state index in [4.69, 9.17) is 20.8 Å². The Morgan fingerprint density at radius 2 is 1.67 bits per heavy atom. The van der Waals surface area contributed by atoms with E-state index in [1.165, 1.54) is 29.3 Å². The molecule has 0 unspecified atom stereocenters. The number of rotatable bonds is 7. The van der Waals surface area contributed by atoms with Gasteiger partial charge >= 0.3 is 0 Å². The van der Waals surface area contributed by atoms with Gasteiger partial charge in [-0.15, -0.1) is 0 Å². The van der Waals surface area contributed by atoms with Crippen LogP contribution < -0.4 is 10.1 Å². The van der Waals surface area contributed by atoms with Crippen LogP contribution in [0.2, 0.25) is 5.02 Å². The zero-order valence-corrected chi connectivity index (χ0v) is 19.1. The van der Waals surface area contributed by atoms with Gasteiger partial charge in [-0.3, -0.25) is 4.79 Å². The van der Waals surface area contributed by atoms with E-state index in [9.17, 15) is 9.90 Å². The number of phenolic OH excluding ortho intramolecular Hbond substituents is 1. The van der Waals surface area contributed by atoms with Crippen molar-refractivity contribution in [1.82, 2.24) is 0 Å². The van der Waals surface area contributed by atoms with Crippen LogP contribution in [-0.4, -0.2) is 11.0 Å². The second-order valence-corrected chi connectivity index (χ2v) is 8.62. The molecule has 0 aliphatic rings. The van der Waals surface area contributed by atoms with Crippen LogP contribution in [0.15, 0.2) is 89.3 Å². The van der Waals surface area contributed by atoms with Crippen molar-refractivity contribution in [3.8, 4) is 11.5 Å². The summed E-state index contributed by atoms with van der Waals surface area (Å²) in [6.45, 7) is 4.56. The van der Waals surface area contributed by atoms with Crippen molar-refractivity contribution in [1.29, 1.82) is 0 Å². The number of carbonyl (C=O) groups excluding carboxylic acids is 1. The highest BCUT2D eigenvalue weighted by Gasteiger charge is 2.22. The van der Waals surface area contributed by atoms with Gasteiger partial charge in [0.15, 0.2) is 5.76 Å². The lowest BCUT2D eigenvalue weighted by Crippen LogP contribution is -2.18. The molecule has 0 saturated carbocycles. The first-order chi connectivity index (χ1) is 15.8. The number of phenols is 1. The van der Waals surface area contributed by atoms with E-state index in [0.29, 0.717) is 16.5 Å². The number of anilines is 1. The predicted octanol–water partition coefficient (Wildman–Crippen LogP) is 6.80. The summed E-state index contributed by atoms with van der Waals surface area (Å²) in [5.41, 5.74) is 2.51. The number of halogens is 1. The molecule has 4 aromatic rings. The number of hydrogen-bond donors (Lipinski definition) is 2. The van der Waals surface area contributed by atoms with Crippen LogP contribution in [0, 0.1) is 0 Å². The topological polar surface area (TPSA) is 71.7 Å². The van der Waals surface area contributed by atoms with Crippen molar-refractivity contribution in [2.75, 3.05) is 5.32 Å². The third kappa shape index (κ3) is 5.21. The van der Waals surface area contributed by atoms with Gasteiger partial charge in [-0.1, -0.05) is 67.9 Å². The van der Waals surface area contributed by atoms with Crippen molar-refractivity contribution >= 4 is 23.2 Å². The molecular weight excluding hydrogens is 438 g/mol. The number of benzene rings is 3. The van der Waals surface area contributed by atoms with Crippen LogP contribution >= 0.6 is 11.6 Å². The van der Waals surface area contributed by atoms with Gasteiger partial charge in [0.05, 0.1) is 5.69 Å². The standard InChI is InChI=1S/C27H24ClNO4/c1-27(2,18-6-4-3-5-7-18)19-8-11-21(12-9-19)32-17-22-13-15-25(33-22)26(31)29-23-16-20(28)10-14-24(23)30/h3-16,30H,17H2,1-2H3,(H,29,31). The molecule has 3 aromatic carbocycles. The summed E-state index contributed by atoms with van der Waals surface area (Å²) in [6.07, 6.45) is 0. The third-order valence-electron chi connectivity index (χ3n) is 5.54. The summed E-state index contributed by atoms with van der Waals surface area (Å²) in [7, 11) is 0. The van der Waals surface area contributed by atoms with Crippen LogP contribution in [-0.2, 0) is 12.0 Å². The van der Waals surface area contributed by atoms with Crippen LogP contribution in [0.5, 0.6) is 11.5 Å². The summed E-state index contributed by atoms with van der Waals surface area (Å²) in [4.78, 5) is 12.4. The molecule has 0 saturated heterocycles. The minimum atomic E-state index is -0.494. The molecule has 1 aromatic heterocycles. The molecule has 1 amide bonds. The monoisotopic (exact) mass is 461 g/mol. The van der Waals surface area contributed by atoms with Gasteiger partial charge in [0.2, 0.25) is 0 Å². The fourth-order valence-corrected chi connectivity index (χ4v) is 3.69. The third-order valence-corrected chi connectivity index (χ3v) is 5.78. The van der Waals surface area contributed by atoms with Crippen molar-refractivity contribution in [2.45, 2.75) is 25.9 Å². The van der Waals surface area contributed by atoms with E-state index in [-0.39, 0.29) is 29.2 Å². The lowest BCUT2D eigenvalue weighted by Gasteiger charge is -2.26. The second-order valence-electron chi connectivity index (χ2n) is 8.19. The van der Waals surface area contributed by atoms with Crippen molar-refractivity contribution in [2.24, 2.45) is 0 Å². The quantitative estimate of drug-likeness (QED) is 0.297. The number of nitrogens with one attached hydrogen (secondary N) is 1. The fourth-order valence-electron chi connectivity index (χ4n) is 3.51. The largest absolute Gasteiger partial charge is 0.506 e. The first-order valence-corrected chi connectivity index (χ1v) is 10.9. The molecule has 4 rings (SSSR count). The molecular formula is C27H24ClNO4. The minimum Gasteiger partial charge on any atom is -0.506 e. The minimum absolute atomic E-state index is 0.0817. The average molecular weight is 462 g/mol. The van der Waals surface area contributed by atoms with Crippen molar-refractivity contribution in [3.05, 3.63) is 113 Å². The Hall–Kier alpha value is -3.70. The molecule has 1 heterocycles. The summed E-state index contributed by atoms with van der Waals surface area (Å²) in [5, 5.41) is 12.8. The zero-order valence-electron chi connectivity index (χ0n) is 18.3. The highest BCUT2D eigenvalue weighted by atomic mass is 35.5. The summed E-state index contributed by atoms with van der Waals surface area (Å²) in [6, 6.07) is 26.0. The first-order valence-electron chi connectivity index (χ1n) is 10.5. The second kappa shape index (κ2) is 9.43. The maximum Gasteiger partial charge on any atom is 0.291 e. The SMILES string of the molecule is CC(C)(c1ccccc1)c1ccc(OCc2ccc(C(=O)Nc3cc(Cl)ccc3O)o2)cc1. The van der Waals surface area contributed by atoms with E-state index in [1.54, 1.807) is 12.1 Å². The molecule has 0 bridgehead atoms. The number of amides is 1. The summed E-state index contributed by atoms with van der Waals surface area (Å²) < 4.78 is 11.4. The normalized spacial score (nSPS) is 11.2. The summed E-state index contributed by atoms with van der Waals surface area (Å²) in [5.74, 6) is 0.735. The molecule has 0 radical (unpaired) electrons. The van der Waals surface area contributed by atoms with Gasteiger partial charge in [-0.05, 0) is 53.6 Å². The van der Waals surface area contributed by atoms with Crippen LogP contribution in [0.3, 0.4) is 0 Å². The highest BCUT2D eigenvalue weighted by Crippen LogP contribution is 2.32. The lowest BCUT2D eigenvalue weighted by atomic mass is 9.78. The van der Waals surface area contributed by atoms with Crippen LogP contribution in [0.4, 0.5) is 5.69 Å². The fraction of sp³-hybridized carbons (Fsp3) is 0.148. The van der Waals surface area contributed by atoms with Crippen LogP contribution in [0.1, 0.15) is 41.3 Å². The molecule has 168 valence electrons. The van der Waals surface area contributed by atoms with Crippen molar-refractivity contribution in [3.63, 3.8) is 0 Å². The molecule has 0 spiro atoms. The van der Waals surface area contributed by atoms with Gasteiger partial charge in [0, 0.05) is 10.4 Å². The van der Waals surface area contributed by atoms with E-state index in [1.807, 2.05) is 30.3 Å². The predicted molar refractivity (Wildman–Crippen MR) is 129 cm³/mol. The molecule has 0 fully saturated rings. The average Bonchev–Trinajstić information content (AvgIpc) is 3.30. The highest BCUT2D eigenvalue weighted by molar-refractivity contribution is 6.31. The zero-order chi connectivity index (χ0) is 23.4. The molecule has 33 heavy (non-hydrogen) atoms. The molecule has 0 aliphatic carbocycles. The maximum atomic E-state index is 12.4. The van der Waals surface area contributed by atoms with Gasteiger partial charge in [0.25, 0.3) is 5.91 Å².